The fourth-order valence-electron chi connectivity index (χ4n) is 1.76. The minimum absolute atomic E-state index is 0.0660. The van der Waals surface area contributed by atoms with Crippen molar-refractivity contribution < 1.29 is 4.74 Å². The van der Waals surface area contributed by atoms with Crippen molar-refractivity contribution in [3.05, 3.63) is 35.4 Å². The zero-order valence-corrected chi connectivity index (χ0v) is 12.1. The SMILES string of the molecule is Cc1cccc(C(CCl)CCOC(C)(C)C)c1. The van der Waals surface area contributed by atoms with Crippen molar-refractivity contribution in [3.63, 3.8) is 0 Å². The molecule has 0 aliphatic rings. The molecule has 17 heavy (non-hydrogen) atoms. The molecular weight excluding hydrogens is 232 g/mol. The van der Waals surface area contributed by atoms with Gasteiger partial charge in [-0.25, -0.2) is 0 Å². The van der Waals surface area contributed by atoms with E-state index in [2.05, 4.69) is 52.0 Å². The van der Waals surface area contributed by atoms with Crippen LogP contribution in [0.15, 0.2) is 24.3 Å². The fraction of sp³-hybridized carbons (Fsp3) is 0.600. The number of ether oxygens (including phenoxy) is 1. The van der Waals surface area contributed by atoms with Gasteiger partial charge >= 0.3 is 0 Å². The molecule has 0 saturated heterocycles. The first-order valence-electron chi connectivity index (χ1n) is 6.19. The number of benzene rings is 1. The predicted octanol–water partition coefficient (Wildman–Crippen LogP) is 4.52. The van der Waals surface area contributed by atoms with E-state index in [1.165, 1.54) is 11.1 Å². The number of alkyl halides is 1. The Labute approximate surface area is 110 Å². The Morgan fingerprint density at radius 2 is 2.00 bits per heavy atom. The molecule has 0 spiro atoms. The van der Waals surface area contributed by atoms with Gasteiger partial charge in [-0.05, 0) is 45.6 Å². The molecule has 0 saturated carbocycles. The number of hydrogen-bond acceptors (Lipinski definition) is 1. The van der Waals surface area contributed by atoms with E-state index >= 15 is 0 Å². The molecule has 1 aromatic carbocycles. The van der Waals surface area contributed by atoms with Crippen LogP contribution < -0.4 is 0 Å². The first-order valence-corrected chi connectivity index (χ1v) is 6.72. The molecule has 1 atom stereocenters. The number of aryl methyl sites for hydroxylation is 1. The minimum Gasteiger partial charge on any atom is -0.376 e. The number of hydrogen-bond donors (Lipinski definition) is 0. The van der Waals surface area contributed by atoms with E-state index < -0.39 is 0 Å². The van der Waals surface area contributed by atoms with E-state index in [1.807, 2.05) is 0 Å². The Balaban J connectivity index is 2.54. The first-order chi connectivity index (χ1) is 7.92. The van der Waals surface area contributed by atoms with Gasteiger partial charge in [0.05, 0.1) is 5.60 Å². The second kappa shape index (κ2) is 6.42. The standard InChI is InChI=1S/C15H23ClO/c1-12-6-5-7-13(10-12)14(11-16)8-9-17-15(2,3)4/h5-7,10,14H,8-9,11H2,1-4H3. The average Bonchev–Trinajstić information content (AvgIpc) is 2.23. The van der Waals surface area contributed by atoms with Crippen molar-refractivity contribution in [1.82, 2.24) is 0 Å². The van der Waals surface area contributed by atoms with Crippen LogP contribution in [-0.4, -0.2) is 18.1 Å². The molecule has 96 valence electrons. The zero-order chi connectivity index (χ0) is 12.9. The largest absolute Gasteiger partial charge is 0.376 e. The Kier molecular flexibility index (Phi) is 5.48. The number of halogens is 1. The van der Waals surface area contributed by atoms with Crippen LogP contribution in [0.25, 0.3) is 0 Å². The van der Waals surface area contributed by atoms with E-state index in [4.69, 9.17) is 16.3 Å². The van der Waals surface area contributed by atoms with E-state index in [-0.39, 0.29) is 5.60 Å². The lowest BCUT2D eigenvalue weighted by molar-refractivity contribution is -0.00566. The van der Waals surface area contributed by atoms with E-state index in [1.54, 1.807) is 0 Å². The van der Waals surface area contributed by atoms with Gasteiger partial charge in [-0.2, -0.15) is 0 Å². The maximum absolute atomic E-state index is 6.05. The Morgan fingerprint density at radius 3 is 2.53 bits per heavy atom. The molecule has 0 heterocycles. The van der Waals surface area contributed by atoms with Crippen LogP contribution in [-0.2, 0) is 4.74 Å². The van der Waals surface area contributed by atoms with Gasteiger partial charge in [0.15, 0.2) is 0 Å². The lowest BCUT2D eigenvalue weighted by Crippen LogP contribution is -2.21. The molecule has 0 fully saturated rings. The van der Waals surface area contributed by atoms with Gasteiger partial charge in [-0.3, -0.25) is 0 Å². The summed E-state index contributed by atoms with van der Waals surface area (Å²) in [6.07, 6.45) is 0.976. The van der Waals surface area contributed by atoms with Crippen LogP contribution in [0.1, 0.15) is 44.2 Å². The highest BCUT2D eigenvalue weighted by molar-refractivity contribution is 6.18. The topological polar surface area (TPSA) is 9.23 Å². The van der Waals surface area contributed by atoms with Crippen molar-refractivity contribution in [2.45, 2.75) is 45.6 Å². The minimum atomic E-state index is -0.0660. The molecule has 1 rings (SSSR count). The molecule has 2 heteroatoms. The van der Waals surface area contributed by atoms with Crippen LogP contribution >= 0.6 is 11.6 Å². The third-order valence-corrected chi connectivity index (χ3v) is 3.07. The highest BCUT2D eigenvalue weighted by Gasteiger charge is 2.14. The first kappa shape index (κ1) is 14.5. The molecule has 0 aliphatic carbocycles. The molecule has 0 bridgehead atoms. The second-order valence-corrected chi connectivity index (χ2v) is 5.82. The molecule has 0 amide bonds. The zero-order valence-electron chi connectivity index (χ0n) is 11.3. The van der Waals surface area contributed by atoms with Gasteiger partial charge in [-0.1, -0.05) is 29.8 Å². The summed E-state index contributed by atoms with van der Waals surface area (Å²) in [4.78, 5) is 0. The van der Waals surface area contributed by atoms with Gasteiger partial charge in [0, 0.05) is 12.5 Å². The van der Waals surface area contributed by atoms with Crippen LogP contribution in [0.3, 0.4) is 0 Å². The summed E-state index contributed by atoms with van der Waals surface area (Å²) >= 11 is 6.05. The molecular formula is C15H23ClO. The summed E-state index contributed by atoms with van der Waals surface area (Å²) in [5.74, 6) is 1.04. The van der Waals surface area contributed by atoms with Crippen molar-refractivity contribution in [1.29, 1.82) is 0 Å². The fourth-order valence-corrected chi connectivity index (χ4v) is 2.10. The lowest BCUT2D eigenvalue weighted by atomic mass is 9.96. The van der Waals surface area contributed by atoms with E-state index in [0.29, 0.717) is 11.8 Å². The third-order valence-electron chi connectivity index (χ3n) is 2.70. The van der Waals surface area contributed by atoms with Crippen LogP contribution in [0.2, 0.25) is 0 Å². The Morgan fingerprint density at radius 1 is 1.29 bits per heavy atom. The van der Waals surface area contributed by atoms with Crippen molar-refractivity contribution in [2.24, 2.45) is 0 Å². The monoisotopic (exact) mass is 254 g/mol. The average molecular weight is 255 g/mol. The molecule has 0 aliphatic heterocycles. The van der Waals surface area contributed by atoms with Crippen LogP contribution in [0.5, 0.6) is 0 Å². The van der Waals surface area contributed by atoms with Gasteiger partial charge in [-0.15, -0.1) is 11.6 Å². The van der Waals surface area contributed by atoms with Crippen molar-refractivity contribution >= 4 is 11.6 Å². The van der Waals surface area contributed by atoms with Crippen molar-refractivity contribution in [2.75, 3.05) is 12.5 Å². The molecule has 0 aromatic heterocycles. The molecule has 1 nitrogen and oxygen atoms in total. The summed E-state index contributed by atoms with van der Waals surface area (Å²) in [5.41, 5.74) is 2.54. The maximum Gasteiger partial charge on any atom is 0.0598 e. The second-order valence-electron chi connectivity index (χ2n) is 5.51. The molecule has 1 unspecified atom stereocenters. The highest BCUT2D eigenvalue weighted by Crippen LogP contribution is 2.23. The normalized spacial score (nSPS) is 13.7. The quantitative estimate of drug-likeness (QED) is 0.702. The van der Waals surface area contributed by atoms with E-state index in [0.717, 1.165) is 13.0 Å². The summed E-state index contributed by atoms with van der Waals surface area (Å²) in [5, 5.41) is 0. The smallest absolute Gasteiger partial charge is 0.0598 e. The summed E-state index contributed by atoms with van der Waals surface area (Å²) < 4.78 is 5.75. The van der Waals surface area contributed by atoms with Gasteiger partial charge in [0.2, 0.25) is 0 Å². The summed E-state index contributed by atoms with van der Waals surface area (Å²) in [6, 6.07) is 8.57. The molecule has 1 aromatic rings. The summed E-state index contributed by atoms with van der Waals surface area (Å²) in [7, 11) is 0. The third kappa shape index (κ3) is 5.56. The van der Waals surface area contributed by atoms with Crippen LogP contribution in [0.4, 0.5) is 0 Å². The molecule has 0 radical (unpaired) electrons. The van der Waals surface area contributed by atoms with E-state index in [9.17, 15) is 0 Å². The molecule has 0 N–H and O–H groups in total. The van der Waals surface area contributed by atoms with Crippen LogP contribution in [0, 0.1) is 6.92 Å². The van der Waals surface area contributed by atoms with Crippen molar-refractivity contribution in [3.8, 4) is 0 Å². The van der Waals surface area contributed by atoms with Gasteiger partial charge in [0.25, 0.3) is 0 Å². The van der Waals surface area contributed by atoms with Gasteiger partial charge < -0.3 is 4.74 Å². The predicted molar refractivity (Wildman–Crippen MR) is 75.0 cm³/mol. The number of rotatable bonds is 5. The summed E-state index contributed by atoms with van der Waals surface area (Å²) in [6.45, 7) is 9.11. The highest BCUT2D eigenvalue weighted by atomic mass is 35.5. The van der Waals surface area contributed by atoms with Gasteiger partial charge in [0.1, 0.15) is 0 Å². The Bertz CT molecular complexity index is 341. The Hall–Kier alpha value is -0.530. The lowest BCUT2D eigenvalue weighted by Gasteiger charge is -2.22. The maximum atomic E-state index is 6.05.